The molecule has 0 atom stereocenters. The number of guanidine groups is 1. The molecule has 0 spiro atoms. The molecule has 3 rings (SSSR count). The number of nitrogens with one attached hydrogen (secondary N) is 3. The van der Waals surface area contributed by atoms with Crippen LogP contribution in [0.3, 0.4) is 0 Å². The van der Waals surface area contributed by atoms with Crippen molar-refractivity contribution < 1.29 is 13.9 Å². The molecule has 2 aromatic carbocycles. The van der Waals surface area contributed by atoms with Crippen LogP contribution in [-0.4, -0.2) is 63.2 Å². The van der Waals surface area contributed by atoms with Crippen molar-refractivity contribution in [3.05, 3.63) is 65.5 Å². The van der Waals surface area contributed by atoms with E-state index in [0.717, 1.165) is 49.7 Å². The molecule has 0 unspecified atom stereocenters. The molecule has 32 heavy (non-hydrogen) atoms. The highest BCUT2D eigenvalue weighted by Crippen LogP contribution is 2.11. The van der Waals surface area contributed by atoms with E-state index in [1.807, 2.05) is 30.3 Å². The Morgan fingerprint density at radius 1 is 1.09 bits per heavy atom. The number of amides is 1. The third-order valence-corrected chi connectivity index (χ3v) is 5.25. The van der Waals surface area contributed by atoms with Gasteiger partial charge in [-0.15, -0.1) is 0 Å². The summed E-state index contributed by atoms with van der Waals surface area (Å²) in [6.07, 6.45) is 1.16. The van der Waals surface area contributed by atoms with Crippen molar-refractivity contribution in [2.45, 2.75) is 19.4 Å². The minimum Gasteiger partial charge on any atom is -0.379 e. The fourth-order valence-electron chi connectivity index (χ4n) is 3.49. The van der Waals surface area contributed by atoms with E-state index >= 15 is 0 Å². The minimum absolute atomic E-state index is 0.0106. The van der Waals surface area contributed by atoms with Gasteiger partial charge in [0.1, 0.15) is 5.82 Å². The molecule has 1 fully saturated rings. The summed E-state index contributed by atoms with van der Waals surface area (Å²) in [6, 6.07) is 14.4. The van der Waals surface area contributed by atoms with Gasteiger partial charge in [-0.25, -0.2) is 4.39 Å². The van der Waals surface area contributed by atoms with Crippen molar-refractivity contribution in [1.82, 2.24) is 15.5 Å². The molecule has 7 nitrogen and oxygen atoms in total. The van der Waals surface area contributed by atoms with Gasteiger partial charge >= 0.3 is 0 Å². The van der Waals surface area contributed by atoms with E-state index in [9.17, 15) is 9.18 Å². The lowest BCUT2D eigenvalue weighted by Crippen LogP contribution is -2.38. The highest BCUT2D eigenvalue weighted by Gasteiger charge is 2.12. The largest absolute Gasteiger partial charge is 0.379 e. The fourth-order valence-corrected chi connectivity index (χ4v) is 3.49. The van der Waals surface area contributed by atoms with Gasteiger partial charge in [-0.3, -0.25) is 14.7 Å². The Morgan fingerprint density at radius 3 is 2.66 bits per heavy atom. The van der Waals surface area contributed by atoms with Crippen LogP contribution in [0.1, 0.15) is 17.5 Å². The van der Waals surface area contributed by atoms with Gasteiger partial charge in [0.2, 0.25) is 5.91 Å². The lowest BCUT2D eigenvalue weighted by molar-refractivity contribution is -0.116. The maximum absolute atomic E-state index is 13.3. The van der Waals surface area contributed by atoms with Gasteiger partial charge in [-0.2, -0.15) is 0 Å². The summed E-state index contributed by atoms with van der Waals surface area (Å²) in [4.78, 5) is 18.8. The van der Waals surface area contributed by atoms with Crippen LogP contribution in [0.4, 0.5) is 10.1 Å². The lowest BCUT2D eigenvalue weighted by Gasteiger charge is -2.26. The van der Waals surface area contributed by atoms with Gasteiger partial charge in [0, 0.05) is 51.9 Å². The van der Waals surface area contributed by atoms with Crippen LogP contribution < -0.4 is 16.0 Å². The molecule has 0 radical (unpaired) electrons. The van der Waals surface area contributed by atoms with E-state index < -0.39 is 0 Å². The highest BCUT2D eigenvalue weighted by atomic mass is 19.1. The highest BCUT2D eigenvalue weighted by molar-refractivity contribution is 5.90. The van der Waals surface area contributed by atoms with Gasteiger partial charge < -0.3 is 20.7 Å². The number of halogens is 1. The number of hydrogen-bond acceptors (Lipinski definition) is 4. The van der Waals surface area contributed by atoms with E-state index in [1.165, 1.54) is 6.07 Å². The number of hydrogen-bond donors (Lipinski definition) is 3. The zero-order chi connectivity index (χ0) is 22.6. The van der Waals surface area contributed by atoms with Crippen molar-refractivity contribution in [3.8, 4) is 0 Å². The molecule has 3 N–H and O–H groups in total. The number of ether oxygens (including phenoxy) is 1. The molecular formula is C24H32FN5O2. The first kappa shape index (κ1) is 23.7. The van der Waals surface area contributed by atoms with Crippen molar-refractivity contribution in [2.24, 2.45) is 4.99 Å². The standard InChI is InChI=1S/C24H32FN5O2/c1-26-24(27-10-8-19-4-2-6-21(25)16-19)28-18-20-5-3-7-22(17-20)29-23(31)9-11-30-12-14-32-15-13-30/h2-7,16-17H,8-15,18H2,1H3,(H,29,31)(H2,26,27,28). The molecule has 1 saturated heterocycles. The SMILES string of the molecule is CN=C(NCCc1cccc(F)c1)NCc1cccc(NC(=O)CCN2CCOCC2)c1. The van der Waals surface area contributed by atoms with E-state index in [1.54, 1.807) is 19.2 Å². The normalized spacial score (nSPS) is 14.8. The number of aliphatic imine (C=N–C) groups is 1. The van der Waals surface area contributed by atoms with Gasteiger partial charge in [-0.05, 0) is 41.8 Å². The topological polar surface area (TPSA) is 78.0 Å². The zero-order valence-corrected chi connectivity index (χ0v) is 18.6. The Bertz CT molecular complexity index is 899. The van der Waals surface area contributed by atoms with Gasteiger partial charge in [0.05, 0.1) is 13.2 Å². The summed E-state index contributed by atoms with van der Waals surface area (Å²) in [5, 5.41) is 9.48. The molecule has 0 aliphatic carbocycles. The van der Waals surface area contributed by atoms with Crippen molar-refractivity contribution in [2.75, 3.05) is 51.8 Å². The average molecular weight is 442 g/mol. The van der Waals surface area contributed by atoms with Crippen LogP contribution in [-0.2, 0) is 22.5 Å². The van der Waals surface area contributed by atoms with E-state index in [-0.39, 0.29) is 11.7 Å². The molecule has 172 valence electrons. The number of nitrogens with zero attached hydrogens (tertiary/aromatic N) is 2. The predicted octanol–water partition coefficient (Wildman–Crippen LogP) is 2.39. The third kappa shape index (κ3) is 8.28. The van der Waals surface area contributed by atoms with Crippen LogP contribution in [0.25, 0.3) is 0 Å². The van der Waals surface area contributed by atoms with Crippen LogP contribution in [0.5, 0.6) is 0 Å². The minimum atomic E-state index is -0.224. The number of rotatable bonds is 9. The summed E-state index contributed by atoms with van der Waals surface area (Å²) < 4.78 is 18.6. The summed E-state index contributed by atoms with van der Waals surface area (Å²) >= 11 is 0. The lowest BCUT2D eigenvalue weighted by atomic mass is 10.1. The van der Waals surface area contributed by atoms with Gasteiger partial charge in [0.25, 0.3) is 0 Å². The number of carbonyl (C=O) groups excluding carboxylic acids is 1. The number of benzene rings is 2. The molecule has 1 heterocycles. The summed E-state index contributed by atoms with van der Waals surface area (Å²) in [7, 11) is 1.71. The molecule has 1 aliphatic heterocycles. The first-order valence-corrected chi connectivity index (χ1v) is 11.0. The quantitative estimate of drug-likeness (QED) is 0.412. The molecular weight excluding hydrogens is 409 g/mol. The zero-order valence-electron chi connectivity index (χ0n) is 18.6. The van der Waals surface area contributed by atoms with E-state index in [2.05, 4.69) is 25.8 Å². The summed E-state index contributed by atoms with van der Waals surface area (Å²) in [5.74, 6) is 0.454. The Morgan fingerprint density at radius 2 is 1.88 bits per heavy atom. The third-order valence-electron chi connectivity index (χ3n) is 5.25. The Balaban J connectivity index is 1.40. The second kappa shape index (κ2) is 12.8. The van der Waals surface area contributed by atoms with Crippen molar-refractivity contribution >= 4 is 17.6 Å². The molecule has 8 heteroatoms. The van der Waals surface area contributed by atoms with Crippen LogP contribution in [0.2, 0.25) is 0 Å². The smallest absolute Gasteiger partial charge is 0.225 e. The van der Waals surface area contributed by atoms with Crippen LogP contribution >= 0.6 is 0 Å². The number of morpholine rings is 1. The van der Waals surface area contributed by atoms with Gasteiger partial charge in [0.15, 0.2) is 5.96 Å². The summed E-state index contributed by atoms with van der Waals surface area (Å²) in [5.41, 5.74) is 2.75. The monoisotopic (exact) mass is 441 g/mol. The molecule has 0 saturated carbocycles. The average Bonchev–Trinajstić information content (AvgIpc) is 2.81. The van der Waals surface area contributed by atoms with E-state index in [4.69, 9.17) is 4.74 Å². The Hall–Kier alpha value is -2.97. The summed E-state index contributed by atoms with van der Waals surface area (Å²) in [6.45, 7) is 5.18. The molecule has 0 aromatic heterocycles. The molecule has 0 bridgehead atoms. The van der Waals surface area contributed by atoms with Crippen molar-refractivity contribution in [3.63, 3.8) is 0 Å². The molecule has 2 aromatic rings. The number of anilines is 1. The Kier molecular flexibility index (Phi) is 9.46. The van der Waals surface area contributed by atoms with E-state index in [0.29, 0.717) is 31.9 Å². The fraction of sp³-hybridized carbons (Fsp3) is 0.417. The number of carbonyl (C=O) groups is 1. The van der Waals surface area contributed by atoms with Gasteiger partial charge in [-0.1, -0.05) is 24.3 Å². The predicted molar refractivity (Wildman–Crippen MR) is 125 cm³/mol. The van der Waals surface area contributed by atoms with Crippen molar-refractivity contribution in [1.29, 1.82) is 0 Å². The maximum Gasteiger partial charge on any atom is 0.225 e. The second-order valence-electron chi connectivity index (χ2n) is 7.69. The maximum atomic E-state index is 13.3. The second-order valence-corrected chi connectivity index (χ2v) is 7.69. The Labute approximate surface area is 189 Å². The van der Waals surface area contributed by atoms with Crippen LogP contribution in [0.15, 0.2) is 53.5 Å². The first-order chi connectivity index (χ1) is 15.6. The van der Waals surface area contributed by atoms with Crippen LogP contribution in [0, 0.1) is 5.82 Å². The molecule has 1 aliphatic rings. The first-order valence-electron chi connectivity index (χ1n) is 11.0. The molecule has 1 amide bonds.